The van der Waals surface area contributed by atoms with Crippen LogP contribution in [-0.4, -0.2) is 16.7 Å². The van der Waals surface area contributed by atoms with Crippen molar-refractivity contribution in [3.63, 3.8) is 0 Å². The average Bonchev–Trinajstić information content (AvgIpc) is 3.15. The van der Waals surface area contributed by atoms with Gasteiger partial charge in [-0.2, -0.15) is 4.98 Å². The maximum atomic E-state index is 13.6. The van der Waals surface area contributed by atoms with Crippen LogP contribution in [-0.2, 0) is 24.5 Å². The van der Waals surface area contributed by atoms with Crippen LogP contribution in [0.25, 0.3) is 0 Å². The van der Waals surface area contributed by atoms with Crippen molar-refractivity contribution >= 4 is 11.6 Å². The van der Waals surface area contributed by atoms with E-state index in [1.54, 1.807) is 4.57 Å². The molecule has 0 unspecified atom stereocenters. The van der Waals surface area contributed by atoms with Crippen LogP contribution < -0.4 is 15.6 Å². The van der Waals surface area contributed by atoms with Gasteiger partial charge in [-0.3, -0.25) is 4.79 Å². The van der Waals surface area contributed by atoms with E-state index in [-0.39, 0.29) is 18.2 Å². The number of hydrogen-bond acceptors (Lipinski definition) is 5. The highest BCUT2D eigenvalue weighted by Gasteiger charge is 2.17. The number of hydrogen-bond donors (Lipinski definition) is 1. The second kappa shape index (κ2) is 7.63. The van der Waals surface area contributed by atoms with E-state index < -0.39 is 17.2 Å². The van der Waals surface area contributed by atoms with Crippen LogP contribution in [0.2, 0.25) is 0 Å². The molecular weight excluding hydrogens is 380 g/mol. The lowest BCUT2D eigenvalue weighted by molar-refractivity contribution is 0.134. The van der Waals surface area contributed by atoms with Crippen LogP contribution in [0.1, 0.15) is 22.3 Å². The molecule has 1 aliphatic rings. The Kier molecular flexibility index (Phi) is 5.02. The zero-order chi connectivity index (χ0) is 20.5. The maximum absolute atomic E-state index is 13.6. The summed E-state index contributed by atoms with van der Waals surface area (Å²) in [6.07, 6.45) is 1.46. The molecule has 0 fully saturated rings. The zero-order valence-electron chi connectivity index (χ0n) is 16.0. The van der Waals surface area contributed by atoms with Crippen molar-refractivity contribution < 1.29 is 18.3 Å². The van der Waals surface area contributed by atoms with Gasteiger partial charge in [0.2, 0.25) is 11.7 Å². The first-order chi connectivity index (χ1) is 13.9. The summed E-state index contributed by atoms with van der Waals surface area (Å²) in [5.41, 5.74) is 3.84. The molecule has 2 heterocycles. The van der Waals surface area contributed by atoms with Crippen LogP contribution in [0.15, 0.2) is 41.3 Å². The van der Waals surface area contributed by atoms with Gasteiger partial charge >= 0.3 is 5.56 Å². The Labute approximate surface area is 165 Å². The number of rotatable bonds is 5. The summed E-state index contributed by atoms with van der Waals surface area (Å²) in [5.74, 6) is -1.08. The predicted molar refractivity (Wildman–Crippen MR) is 103 cm³/mol. The van der Waals surface area contributed by atoms with Crippen molar-refractivity contribution in [2.24, 2.45) is 0 Å². The van der Waals surface area contributed by atoms with Gasteiger partial charge in [-0.15, -0.1) is 0 Å². The Bertz CT molecular complexity index is 1120. The molecule has 0 saturated heterocycles. The van der Waals surface area contributed by atoms with Crippen LogP contribution in [0, 0.1) is 18.6 Å². The molecule has 1 aromatic heterocycles. The molecule has 3 aromatic rings. The topological polar surface area (TPSA) is 65.4 Å². The third-order valence-corrected chi connectivity index (χ3v) is 4.90. The summed E-state index contributed by atoms with van der Waals surface area (Å²) < 4.78 is 39.3. The molecular formula is C21H19F2N3O3. The monoisotopic (exact) mass is 399 g/mol. The maximum Gasteiger partial charge on any atom is 0.316 e. The lowest BCUT2D eigenvalue weighted by atomic mass is 10.0. The summed E-state index contributed by atoms with van der Waals surface area (Å²) in [7, 11) is 1.36. The normalized spacial score (nSPS) is 12.7. The number of nitrogens with zero attached hydrogens (tertiary/aromatic N) is 2. The highest BCUT2D eigenvalue weighted by atomic mass is 19.1. The Balaban J connectivity index is 1.74. The first kappa shape index (κ1) is 19.1. The summed E-state index contributed by atoms with van der Waals surface area (Å²) in [4.78, 5) is 16.3. The first-order valence-electron chi connectivity index (χ1n) is 9.01. The minimum Gasteiger partial charge on any atom is -0.490 e. The minimum absolute atomic E-state index is 0.0338. The standard InChI is InChI=1S/C21H19F2N3O3/c1-12-17-11-29-10-14(17)3-4-18(12)24-21-25-20(27)19(28-2)9-26(21)8-13-5-15(22)7-16(23)6-13/h3-7,9H,8,10-11H2,1-2H3,(H,24,25,27). The van der Waals surface area contributed by atoms with Gasteiger partial charge in [0.1, 0.15) is 11.6 Å². The van der Waals surface area contributed by atoms with E-state index in [9.17, 15) is 13.6 Å². The quantitative estimate of drug-likeness (QED) is 0.709. The van der Waals surface area contributed by atoms with Gasteiger partial charge in [0.15, 0.2) is 0 Å². The van der Waals surface area contributed by atoms with Gasteiger partial charge in [0, 0.05) is 11.8 Å². The number of anilines is 2. The molecule has 0 bridgehead atoms. The molecule has 2 aromatic carbocycles. The zero-order valence-corrected chi connectivity index (χ0v) is 16.0. The molecule has 1 N–H and O–H groups in total. The summed E-state index contributed by atoms with van der Waals surface area (Å²) in [6.45, 7) is 3.16. The fourth-order valence-electron chi connectivity index (χ4n) is 3.40. The molecule has 8 heteroatoms. The van der Waals surface area contributed by atoms with Gasteiger partial charge in [0.25, 0.3) is 0 Å². The highest BCUT2D eigenvalue weighted by Crippen LogP contribution is 2.30. The molecule has 29 heavy (non-hydrogen) atoms. The number of nitrogens with one attached hydrogen (secondary N) is 1. The number of aromatic nitrogens is 2. The van der Waals surface area contributed by atoms with E-state index in [0.29, 0.717) is 18.8 Å². The van der Waals surface area contributed by atoms with E-state index >= 15 is 0 Å². The van der Waals surface area contributed by atoms with Crippen LogP contribution in [0.3, 0.4) is 0 Å². The van der Waals surface area contributed by atoms with Gasteiger partial charge in [0.05, 0.1) is 33.1 Å². The molecule has 0 spiro atoms. The van der Waals surface area contributed by atoms with Crippen molar-refractivity contribution in [3.05, 3.63) is 80.8 Å². The minimum atomic E-state index is -0.676. The average molecular weight is 399 g/mol. The highest BCUT2D eigenvalue weighted by molar-refractivity contribution is 5.62. The second-order valence-electron chi connectivity index (χ2n) is 6.84. The van der Waals surface area contributed by atoms with Gasteiger partial charge in [-0.05, 0) is 47.4 Å². The number of ether oxygens (including phenoxy) is 2. The molecule has 0 saturated carbocycles. The van der Waals surface area contributed by atoms with E-state index in [1.165, 1.54) is 25.4 Å². The largest absolute Gasteiger partial charge is 0.490 e. The number of methoxy groups -OCH3 is 1. The number of fused-ring (bicyclic) bond motifs is 1. The smallest absolute Gasteiger partial charge is 0.316 e. The Morgan fingerprint density at radius 1 is 1.21 bits per heavy atom. The third-order valence-electron chi connectivity index (χ3n) is 4.90. The van der Waals surface area contributed by atoms with Crippen molar-refractivity contribution in [2.75, 3.05) is 12.4 Å². The Hall–Kier alpha value is -3.26. The summed E-state index contributed by atoms with van der Waals surface area (Å²) in [5, 5.41) is 3.17. The SMILES string of the molecule is COc1cn(Cc2cc(F)cc(F)c2)c(Nc2ccc3c(c2C)COC3)nc1=O. The molecule has 150 valence electrons. The summed E-state index contributed by atoms with van der Waals surface area (Å²) >= 11 is 0. The van der Waals surface area contributed by atoms with Gasteiger partial charge in [-0.1, -0.05) is 6.07 Å². The Morgan fingerprint density at radius 3 is 2.69 bits per heavy atom. The number of halogens is 2. The molecule has 0 amide bonds. The van der Waals surface area contributed by atoms with Crippen molar-refractivity contribution in [1.29, 1.82) is 0 Å². The van der Waals surface area contributed by atoms with Crippen LogP contribution >= 0.6 is 0 Å². The molecule has 1 aliphatic heterocycles. The lowest BCUT2D eigenvalue weighted by Crippen LogP contribution is -2.19. The van der Waals surface area contributed by atoms with Crippen molar-refractivity contribution in [3.8, 4) is 5.75 Å². The van der Waals surface area contributed by atoms with Crippen LogP contribution in [0.4, 0.5) is 20.4 Å². The van der Waals surface area contributed by atoms with Gasteiger partial charge < -0.3 is 19.4 Å². The van der Waals surface area contributed by atoms with Crippen molar-refractivity contribution in [1.82, 2.24) is 9.55 Å². The van der Waals surface area contributed by atoms with E-state index in [1.807, 2.05) is 19.1 Å². The predicted octanol–water partition coefficient (Wildman–Crippen LogP) is 3.66. The van der Waals surface area contributed by atoms with E-state index in [4.69, 9.17) is 9.47 Å². The summed E-state index contributed by atoms with van der Waals surface area (Å²) in [6, 6.07) is 7.13. The fraction of sp³-hybridized carbons (Fsp3) is 0.238. The fourth-order valence-corrected chi connectivity index (χ4v) is 3.40. The van der Waals surface area contributed by atoms with Gasteiger partial charge in [-0.25, -0.2) is 8.78 Å². The van der Waals surface area contributed by atoms with E-state index in [2.05, 4.69) is 10.3 Å². The molecule has 0 aliphatic carbocycles. The van der Waals surface area contributed by atoms with Crippen molar-refractivity contribution in [2.45, 2.75) is 26.7 Å². The van der Waals surface area contributed by atoms with E-state index in [0.717, 1.165) is 28.4 Å². The van der Waals surface area contributed by atoms with Crippen LogP contribution in [0.5, 0.6) is 5.75 Å². The molecule has 0 radical (unpaired) electrons. The Morgan fingerprint density at radius 2 is 1.97 bits per heavy atom. The number of benzene rings is 2. The first-order valence-corrected chi connectivity index (χ1v) is 9.01. The third kappa shape index (κ3) is 3.84. The lowest BCUT2D eigenvalue weighted by Gasteiger charge is -2.17. The molecule has 0 atom stereocenters. The molecule has 4 rings (SSSR count). The molecule has 6 nitrogen and oxygen atoms in total. The second-order valence-corrected chi connectivity index (χ2v) is 6.84.